The van der Waals surface area contributed by atoms with Crippen molar-refractivity contribution in [2.45, 2.75) is 18.9 Å². The number of hydrogen-bond donors (Lipinski definition) is 2. The van der Waals surface area contributed by atoms with Crippen LogP contribution in [0.5, 0.6) is 0 Å². The maximum absolute atomic E-state index is 12.8. The van der Waals surface area contributed by atoms with Gasteiger partial charge in [0.1, 0.15) is 11.0 Å². The van der Waals surface area contributed by atoms with Crippen LogP contribution < -0.4 is 10.6 Å². The number of halogens is 2. The van der Waals surface area contributed by atoms with Crippen molar-refractivity contribution in [3.63, 3.8) is 0 Å². The molecule has 2 aromatic carbocycles. The summed E-state index contributed by atoms with van der Waals surface area (Å²) in [5.41, 5.74) is 1.53. The van der Waals surface area contributed by atoms with Crippen LogP contribution in [-0.2, 0) is 4.79 Å². The van der Waals surface area contributed by atoms with Crippen LogP contribution in [0.2, 0.25) is 5.02 Å². The van der Waals surface area contributed by atoms with Gasteiger partial charge >= 0.3 is 6.03 Å². The summed E-state index contributed by atoms with van der Waals surface area (Å²) in [6.45, 7) is 0.518. The largest absolute Gasteiger partial charge is 0.322 e. The molecular formula is C20H17BrClN5O2S. The monoisotopic (exact) mass is 505 g/mol. The van der Waals surface area contributed by atoms with Crippen LogP contribution in [0, 0.1) is 0 Å². The second kappa shape index (κ2) is 9.11. The highest BCUT2D eigenvalue weighted by atomic mass is 79.9. The molecule has 1 aliphatic heterocycles. The quantitative estimate of drug-likeness (QED) is 0.505. The first-order valence-corrected chi connectivity index (χ1v) is 11.2. The summed E-state index contributed by atoms with van der Waals surface area (Å²) < 4.78 is 0.865. The number of rotatable bonds is 4. The highest BCUT2D eigenvalue weighted by molar-refractivity contribution is 9.10. The molecular weight excluding hydrogens is 490 g/mol. The molecule has 1 aliphatic rings. The molecule has 3 amide bonds. The van der Waals surface area contributed by atoms with E-state index in [0.717, 1.165) is 16.5 Å². The lowest BCUT2D eigenvalue weighted by molar-refractivity contribution is -0.119. The average molecular weight is 507 g/mol. The van der Waals surface area contributed by atoms with Crippen molar-refractivity contribution in [3.8, 4) is 10.6 Å². The van der Waals surface area contributed by atoms with E-state index in [4.69, 9.17) is 11.6 Å². The number of urea groups is 1. The van der Waals surface area contributed by atoms with Gasteiger partial charge in [-0.3, -0.25) is 10.1 Å². The number of amides is 3. The Morgan fingerprint density at radius 1 is 1.13 bits per heavy atom. The smallest absolute Gasteiger partial charge is 0.312 e. The zero-order chi connectivity index (χ0) is 21.1. The fourth-order valence-corrected chi connectivity index (χ4v) is 4.49. The summed E-state index contributed by atoms with van der Waals surface area (Å²) in [6, 6.07) is 13.7. The summed E-state index contributed by atoms with van der Waals surface area (Å²) in [6.07, 6.45) is 1.36. The molecule has 0 radical (unpaired) electrons. The lowest BCUT2D eigenvalue weighted by Gasteiger charge is -2.23. The molecule has 0 bridgehead atoms. The molecule has 2 N–H and O–H groups in total. The summed E-state index contributed by atoms with van der Waals surface area (Å²) in [7, 11) is 0. The second-order valence-electron chi connectivity index (χ2n) is 6.70. The zero-order valence-electron chi connectivity index (χ0n) is 15.6. The topological polar surface area (TPSA) is 87.2 Å². The van der Waals surface area contributed by atoms with Crippen molar-refractivity contribution < 1.29 is 9.59 Å². The Labute approximate surface area is 190 Å². The molecule has 1 atom stereocenters. The lowest BCUT2D eigenvalue weighted by Crippen LogP contribution is -2.45. The van der Waals surface area contributed by atoms with E-state index in [1.165, 1.54) is 11.3 Å². The third-order valence-electron chi connectivity index (χ3n) is 4.64. The third-order valence-corrected chi connectivity index (χ3v) is 6.27. The molecule has 0 aliphatic carbocycles. The van der Waals surface area contributed by atoms with Crippen LogP contribution in [0.3, 0.4) is 0 Å². The molecule has 1 unspecified atom stereocenters. The molecule has 4 rings (SSSR count). The van der Waals surface area contributed by atoms with Gasteiger partial charge in [-0.25, -0.2) is 4.79 Å². The van der Waals surface area contributed by atoms with Gasteiger partial charge in [-0.1, -0.05) is 57.1 Å². The first kappa shape index (κ1) is 20.8. The molecule has 0 saturated carbocycles. The molecule has 3 aromatic rings. The molecule has 7 nitrogen and oxygen atoms in total. The zero-order valence-corrected chi connectivity index (χ0v) is 18.8. The number of benzene rings is 2. The van der Waals surface area contributed by atoms with Crippen LogP contribution in [-0.4, -0.2) is 39.6 Å². The molecule has 1 aromatic heterocycles. The third kappa shape index (κ3) is 4.80. The summed E-state index contributed by atoms with van der Waals surface area (Å²) >= 11 is 10.6. The number of carbonyl (C=O) groups is 2. The summed E-state index contributed by atoms with van der Waals surface area (Å²) in [4.78, 5) is 27.1. The summed E-state index contributed by atoms with van der Waals surface area (Å²) in [5.74, 6) is -0.268. The van der Waals surface area contributed by atoms with Gasteiger partial charge in [-0.05, 0) is 43.2 Å². The Balaban J connectivity index is 1.41. The minimum Gasteiger partial charge on any atom is -0.312 e. The maximum atomic E-state index is 12.8. The van der Waals surface area contributed by atoms with Gasteiger partial charge in [-0.15, -0.1) is 10.2 Å². The summed E-state index contributed by atoms with van der Waals surface area (Å²) in [5, 5.41) is 15.5. The SMILES string of the molecule is O=C(Nc1nnc(-c2ccc(Cl)cc2)s1)C1CCCN1C(=O)Nc1cccc(Br)c1. The predicted octanol–water partition coefficient (Wildman–Crippen LogP) is 5.26. The number of nitrogens with one attached hydrogen (secondary N) is 2. The highest BCUT2D eigenvalue weighted by Crippen LogP contribution is 2.28. The predicted molar refractivity (Wildman–Crippen MR) is 122 cm³/mol. The van der Waals surface area contributed by atoms with Crippen molar-refractivity contribution in [3.05, 3.63) is 58.0 Å². The number of hydrogen-bond acceptors (Lipinski definition) is 5. The first-order chi connectivity index (χ1) is 14.5. The highest BCUT2D eigenvalue weighted by Gasteiger charge is 2.34. The van der Waals surface area contributed by atoms with E-state index in [0.29, 0.717) is 33.8 Å². The Hall–Kier alpha value is -2.49. The molecule has 30 heavy (non-hydrogen) atoms. The van der Waals surface area contributed by atoms with Crippen LogP contribution in [0.4, 0.5) is 15.6 Å². The van der Waals surface area contributed by atoms with Crippen molar-refractivity contribution in [1.29, 1.82) is 0 Å². The Morgan fingerprint density at radius 3 is 2.70 bits per heavy atom. The number of aromatic nitrogens is 2. The molecule has 1 fully saturated rings. The van der Waals surface area contributed by atoms with Crippen LogP contribution >= 0.6 is 38.9 Å². The van der Waals surface area contributed by atoms with Gasteiger partial charge in [-0.2, -0.15) is 0 Å². The van der Waals surface area contributed by atoms with E-state index in [1.54, 1.807) is 23.1 Å². The Kier molecular flexibility index (Phi) is 6.31. The van der Waals surface area contributed by atoms with E-state index in [-0.39, 0.29) is 11.9 Å². The Bertz CT molecular complexity index is 1080. The minimum atomic E-state index is -0.556. The second-order valence-corrected chi connectivity index (χ2v) is 9.03. The van der Waals surface area contributed by atoms with Crippen molar-refractivity contribution in [1.82, 2.24) is 15.1 Å². The van der Waals surface area contributed by atoms with Gasteiger partial charge < -0.3 is 10.2 Å². The van der Waals surface area contributed by atoms with E-state index in [9.17, 15) is 9.59 Å². The van der Waals surface area contributed by atoms with Crippen molar-refractivity contribution in [2.75, 3.05) is 17.2 Å². The van der Waals surface area contributed by atoms with Crippen LogP contribution in [0.25, 0.3) is 10.6 Å². The molecule has 10 heteroatoms. The van der Waals surface area contributed by atoms with Crippen LogP contribution in [0.1, 0.15) is 12.8 Å². The van der Waals surface area contributed by atoms with E-state index >= 15 is 0 Å². The maximum Gasteiger partial charge on any atom is 0.322 e. The van der Waals surface area contributed by atoms with E-state index in [1.807, 2.05) is 30.3 Å². The van der Waals surface area contributed by atoms with Gasteiger partial charge in [0.25, 0.3) is 0 Å². The van der Waals surface area contributed by atoms with Crippen LogP contribution in [0.15, 0.2) is 53.0 Å². The normalized spacial score (nSPS) is 15.8. The minimum absolute atomic E-state index is 0.268. The molecule has 1 saturated heterocycles. The van der Waals surface area contributed by atoms with E-state index in [2.05, 4.69) is 36.8 Å². The number of carbonyl (C=O) groups excluding carboxylic acids is 2. The standard InChI is InChI=1S/C20H17BrClN5O2S/c21-13-3-1-4-15(11-13)23-20(29)27-10-2-5-16(27)17(28)24-19-26-25-18(30-19)12-6-8-14(22)9-7-12/h1,3-4,6-9,11,16H,2,5,10H2,(H,23,29)(H,24,26,28). The molecule has 2 heterocycles. The molecule has 0 spiro atoms. The number of anilines is 2. The van der Waals surface area contributed by atoms with E-state index < -0.39 is 6.04 Å². The Morgan fingerprint density at radius 2 is 1.93 bits per heavy atom. The van der Waals surface area contributed by atoms with Gasteiger partial charge in [0, 0.05) is 27.3 Å². The fraction of sp³-hybridized carbons (Fsp3) is 0.200. The lowest BCUT2D eigenvalue weighted by atomic mass is 10.2. The number of nitrogens with zero attached hydrogens (tertiary/aromatic N) is 3. The van der Waals surface area contributed by atoms with Gasteiger partial charge in [0.05, 0.1) is 0 Å². The fourth-order valence-electron chi connectivity index (χ4n) is 3.22. The van der Waals surface area contributed by atoms with Gasteiger partial charge in [0.2, 0.25) is 11.0 Å². The first-order valence-electron chi connectivity index (χ1n) is 9.23. The number of likely N-dealkylation sites (tertiary alicyclic amines) is 1. The van der Waals surface area contributed by atoms with Crippen molar-refractivity contribution in [2.24, 2.45) is 0 Å². The van der Waals surface area contributed by atoms with Crippen molar-refractivity contribution >= 4 is 61.6 Å². The molecule has 154 valence electrons. The average Bonchev–Trinajstić information content (AvgIpc) is 3.38. The van der Waals surface area contributed by atoms with Gasteiger partial charge in [0.15, 0.2) is 0 Å².